The predicted molar refractivity (Wildman–Crippen MR) is 43.3 cm³/mol. The molecule has 0 atom stereocenters. The molecule has 62 valence electrons. The quantitative estimate of drug-likeness (QED) is 0.257. The van der Waals surface area contributed by atoms with Crippen molar-refractivity contribution in [3.05, 3.63) is 12.3 Å². The van der Waals surface area contributed by atoms with E-state index >= 15 is 0 Å². The Kier molecular flexibility index (Phi) is 4.55. The number of hydrogen-bond donors (Lipinski definition) is 4. The number of hydrogen-bond acceptors (Lipinski definition) is 3. The van der Waals surface area contributed by atoms with Gasteiger partial charge in [-0.05, 0) is 19.2 Å². The molecule has 0 unspecified atom stereocenters. The molecule has 0 aromatic heterocycles. The average Bonchev–Trinajstić information content (AvgIpc) is 1.85. The molecule has 5 N–H and O–H groups in total. The molecule has 11 heavy (non-hydrogen) atoms. The van der Waals surface area contributed by atoms with E-state index in [1.807, 2.05) is 0 Å². The molecular weight excluding hydrogens is 144 g/mol. The van der Waals surface area contributed by atoms with Gasteiger partial charge < -0.3 is 21.8 Å². The maximum Gasteiger partial charge on any atom is 0.313 e. The number of nitrogens with two attached hydrogens (primary N) is 1. The van der Waals surface area contributed by atoms with Gasteiger partial charge in [0.25, 0.3) is 0 Å². The first kappa shape index (κ1) is 9.48. The molecule has 5 heteroatoms. The van der Waals surface area contributed by atoms with Gasteiger partial charge in [0.05, 0.1) is 6.67 Å². The molecule has 0 heterocycles. The highest BCUT2D eigenvalue weighted by Crippen LogP contribution is 1.70. The Morgan fingerprint density at radius 3 is 2.82 bits per heavy atom. The van der Waals surface area contributed by atoms with Crippen molar-refractivity contribution in [3.8, 4) is 0 Å². The van der Waals surface area contributed by atoms with Crippen molar-refractivity contribution in [2.45, 2.75) is 6.92 Å². The van der Waals surface area contributed by atoms with Crippen LogP contribution in [0.1, 0.15) is 6.92 Å². The summed E-state index contributed by atoms with van der Waals surface area (Å²) in [6, 6.07) is -0.572. The van der Waals surface area contributed by atoms with Crippen molar-refractivity contribution in [1.82, 2.24) is 10.6 Å². The van der Waals surface area contributed by atoms with Gasteiger partial charge >= 0.3 is 6.03 Å². The van der Waals surface area contributed by atoms with E-state index in [2.05, 4.69) is 10.6 Å². The van der Waals surface area contributed by atoms with Crippen LogP contribution in [0.3, 0.4) is 0 Å². The molecule has 0 aliphatic rings. The third-order valence-corrected chi connectivity index (χ3v) is 0.816. The van der Waals surface area contributed by atoms with Gasteiger partial charge in [-0.3, -0.25) is 0 Å². The highest BCUT2D eigenvalue weighted by molar-refractivity contribution is 5.89. The molecule has 0 aliphatic heterocycles. The van der Waals surface area contributed by atoms with Gasteiger partial charge in [-0.15, -0.1) is 0 Å². The fourth-order valence-electron chi connectivity index (χ4n) is 0.381. The topological polar surface area (TPSA) is 91.0 Å². The van der Waals surface area contributed by atoms with Gasteiger partial charge in [0.2, 0.25) is 0 Å². The zero-order valence-electron chi connectivity index (χ0n) is 6.35. The number of nitrogens with one attached hydrogen (secondary N) is 3. The van der Waals surface area contributed by atoms with Gasteiger partial charge in [-0.2, -0.15) is 0 Å². The summed E-state index contributed by atoms with van der Waals surface area (Å²) in [5, 5.41) is 12.0. The largest absolute Gasteiger partial charge is 0.374 e. The van der Waals surface area contributed by atoms with Crippen molar-refractivity contribution >= 4 is 11.7 Å². The Morgan fingerprint density at radius 2 is 2.36 bits per heavy atom. The maximum atomic E-state index is 10.1. The highest BCUT2D eigenvalue weighted by atomic mass is 16.2. The van der Waals surface area contributed by atoms with E-state index in [1.165, 1.54) is 0 Å². The van der Waals surface area contributed by atoms with Crippen LogP contribution in [0.2, 0.25) is 0 Å². The molecule has 0 saturated carbocycles. The van der Waals surface area contributed by atoms with E-state index < -0.39 is 6.03 Å². The molecule has 5 nitrogen and oxygen atoms in total. The number of primary amides is 1. The van der Waals surface area contributed by atoms with Crippen LogP contribution in [0.4, 0.5) is 4.79 Å². The SMILES string of the molecule is CC(=N)/C=C\NCNC(N)=O. The number of allylic oxidation sites excluding steroid dienone is 1. The van der Waals surface area contributed by atoms with Crippen LogP contribution in [0.15, 0.2) is 12.3 Å². The fourth-order valence-corrected chi connectivity index (χ4v) is 0.381. The molecule has 0 spiro atoms. The lowest BCUT2D eigenvalue weighted by molar-refractivity contribution is 0.248. The number of rotatable bonds is 4. The number of amides is 2. The van der Waals surface area contributed by atoms with E-state index in [-0.39, 0.29) is 6.67 Å². The Hall–Kier alpha value is -1.52. The molecule has 0 aliphatic carbocycles. The third kappa shape index (κ3) is 8.48. The molecule has 0 aromatic carbocycles. The van der Waals surface area contributed by atoms with Crippen molar-refractivity contribution < 1.29 is 4.79 Å². The molecular formula is C6H12N4O. The Balaban J connectivity index is 3.27. The monoisotopic (exact) mass is 156 g/mol. The molecule has 0 aromatic rings. The minimum atomic E-state index is -0.572. The van der Waals surface area contributed by atoms with E-state index in [0.717, 1.165) is 0 Å². The standard InChI is InChI=1S/C6H12N4O/c1-5(7)2-3-9-4-10-6(8)11/h2-3,7,9H,4H2,1H3,(H3,8,10,11)/b3-2-,7-5?. The van der Waals surface area contributed by atoms with Gasteiger partial charge in [-0.1, -0.05) is 0 Å². The molecule has 0 bridgehead atoms. The summed E-state index contributed by atoms with van der Waals surface area (Å²) in [7, 11) is 0. The maximum absolute atomic E-state index is 10.1. The first-order valence-corrected chi connectivity index (χ1v) is 3.11. The van der Waals surface area contributed by atoms with Gasteiger partial charge in [-0.25, -0.2) is 4.79 Å². The Bertz CT molecular complexity index is 175. The van der Waals surface area contributed by atoms with Crippen LogP contribution < -0.4 is 16.4 Å². The fraction of sp³-hybridized carbons (Fsp3) is 0.333. The van der Waals surface area contributed by atoms with E-state index in [0.29, 0.717) is 5.71 Å². The minimum Gasteiger partial charge on any atom is -0.374 e. The molecule has 2 amide bonds. The van der Waals surface area contributed by atoms with Crippen LogP contribution in [0, 0.1) is 5.41 Å². The summed E-state index contributed by atoms with van der Waals surface area (Å²) >= 11 is 0. The summed E-state index contributed by atoms with van der Waals surface area (Å²) in [5.41, 5.74) is 5.22. The molecule has 0 rings (SSSR count). The van der Waals surface area contributed by atoms with Crippen LogP contribution in [-0.2, 0) is 0 Å². The summed E-state index contributed by atoms with van der Waals surface area (Å²) in [6.07, 6.45) is 3.14. The molecule has 0 saturated heterocycles. The van der Waals surface area contributed by atoms with Crippen molar-refractivity contribution in [1.29, 1.82) is 5.41 Å². The van der Waals surface area contributed by atoms with Crippen molar-refractivity contribution in [2.24, 2.45) is 5.73 Å². The zero-order valence-corrected chi connectivity index (χ0v) is 6.35. The average molecular weight is 156 g/mol. The summed E-state index contributed by atoms with van der Waals surface area (Å²) in [5.74, 6) is 0. The lowest BCUT2D eigenvalue weighted by Gasteiger charge is -1.99. The first-order chi connectivity index (χ1) is 5.13. The molecule has 0 fully saturated rings. The smallest absolute Gasteiger partial charge is 0.313 e. The second kappa shape index (κ2) is 5.28. The van der Waals surface area contributed by atoms with E-state index in [4.69, 9.17) is 11.1 Å². The predicted octanol–water partition coefficient (Wildman–Crippen LogP) is -0.245. The van der Waals surface area contributed by atoms with E-state index in [1.54, 1.807) is 19.2 Å². The second-order valence-corrected chi connectivity index (χ2v) is 1.94. The van der Waals surface area contributed by atoms with Crippen LogP contribution in [0.25, 0.3) is 0 Å². The zero-order chi connectivity index (χ0) is 8.69. The second-order valence-electron chi connectivity index (χ2n) is 1.94. The van der Waals surface area contributed by atoms with Crippen LogP contribution >= 0.6 is 0 Å². The molecule has 0 radical (unpaired) electrons. The van der Waals surface area contributed by atoms with Crippen LogP contribution in [0.5, 0.6) is 0 Å². The normalized spacial score (nSPS) is 9.55. The third-order valence-electron chi connectivity index (χ3n) is 0.816. The number of carbonyl (C=O) groups excluding carboxylic acids is 1. The summed E-state index contributed by atoms with van der Waals surface area (Å²) in [4.78, 5) is 10.1. The highest BCUT2D eigenvalue weighted by Gasteiger charge is 1.84. The van der Waals surface area contributed by atoms with Gasteiger partial charge in [0.1, 0.15) is 0 Å². The Morgan fingerprint density at radius 1 is 1.73 bits per heavy atom. The van der Waals surface area contributed by atoms with Crippen molar-refractivity contribution in [3.63, 3.8) is 0 Å². The Labute approximate surface area is 65.2 Å². The summed E-state index contributed by atoms with van der Waals surface area (Å²) < 4.78 is 0. The number of urea groups is 1. The lowest BCUT2D eigenvalue weighted by Crippen LogP contribution is -2.35. The van der Waals surface area contributed by atoms with Gasteiger partial charge in [0.15, 0.2) is 0 Å². The number of carbonyl (C=O) groups is 1. The van der Waals surface area contributed by atoms with Crippen LogP contribution in [-0.4, -0.2) is 18.4 Å². The van der Waals surface area contributed by atoms with Crippen molar-refractivity contribution in [2.75, 3.05) is 6.67 Å². The lowest BCUT2D eigenvalue weighted by atomic mass is 10.4. The first-order valence-electron chi connectivity index (χ1n) is 3.11. The van der Waals surface area contributed by atoms with E-state index in [9.17, 15) is 4.79 Å². The summed E-state index contributed by atoms with van der Waals surface area (Å²) in [6.45, 7) is 1.93. The minimum absolute atomic E-state index is 0.277. The van der Waals surface area contributed by atoms with Gasteiger partial charge in [0, 0.05) is 5.71 Å².